The van der Waals surface area contributed by atoms with Crippen molar-refractivity contribution in [2.24, 2.45) is 7.05 Å². The molecule has 0 atom stereocenters. The number of nitrogens with zero attached hydrogens (tertiary/aromatic N) is 1. The molecule has 0 spiro atoms. The van der Waals surface area contributed by atoms with Crippen LogP contribution >= 0.6 is 11.3 Å². The summed E-state index contributed by atoms with van der Waals surface area (Å²) in [5.41, 5.74) is 5.28. The fourth-order valence-electron chi connectivity index (χ4n) is 3.15. The highest BCUT2D eigenvalue weighted by molar-refractivity contribution is 7.26. The molecular formula is C20H18NS+. The molecule has 0 aliphatic rings. The van der Waals surface area contributed by atoms with Crippen molar-refractivity contribution in [2.45, 2.75) is 13.8 Å². The van der Waals surface area contributed by atoms with Crippen LogP contribution < -0.4 is 4.57 Å². The van der Waals surface area contributed by atoms with Gasteiger partial charge in [-0.1, -0.05) is 23.8 Å². The molecule has 108 valence electrons. The summed E-state index contributed by atoms with van der Waals surface area (Å²) < 4.78 is 4.96. The first-order valence-corrected chi connectivity index (χ1v) is 8.34. The zero-order valence-electron chi connectivity index (χ0n) is 13.1. The van der Waals surface area contributed by atoms with E-state index in [1.165, 1.54) is 42.6 Å². The maximum absolute atomic E-state index is 2.30. The topological polar surface area (TPSA) is 3.88 Å². The lowest BCUT2D eigenvalue weighted by atomic mass is 10.0. The second-order valence-corrected chi connectivity index (χ2v) is 6.98. The zero-order valence-corrected chi connectivity index (χ0v) is 13.9. The van der Waals surface area contributed by atoms with Crippen molar-refractivity contribution in [3.05, 3.63) is 65.9 Å². The molecule has 0 amide bonds. The van der Waals surface area contributed by atoms with Gasteiger partial charge in [0.2, 0.25) is 5.69 Å². The number of pyridine rings is 1. The van der Waals surface area contributed by atoms with E-state index in [9.17, 15) is 0 Å². The van der Waals surface area contributed by atoms with E-state index in [1.54, 1.807) is 0 Å². The Labute approximate surface area is 134 Å². The number of aryl methyl sites for hydroxylation is 3. The minimum Gasteiger partial charge on any atom is -0.201 e. The predicted octanol–water partition coefficient (Wildman–Crippen LogP) is 5.16. The molecule has 2 heterocycles. The van der Waals surface area contributed by atoms with E-state index in [2.05, 4.69) is 80.2 Å². The average molecular weight is 304 g/mol. The summed E-state index contributed by atoms with van der Waals surface area (Å²) in [6, 6.07) is 17.7. The Bertz CT molecular complexity index is 1010. The highest BCUT2D eigenvalue weighted by Crippen LogP contribution is 2.40. The Morgan fingerprint density at radius 3 is 2.59 bits per heavy atom. The van der Waals surface area contributed by atoms with Crippen molar-refractivity contribution in [1.29, 1.82) is 0 Å². The summed E-state index contributed by atoms with van der Waals surface area (Å²) in [5, 5.41) is 2.74. The van der Waals surface area contributed by atoms with E-state index < -0.39 is 0 Å². The van der Waals surface area contributed by atoms with Gasteiger partial charge in [0, 0.05) is 32.3 Å². The zero-order chi connectivity index (χ0) is 15.3. The largest absolute Gasteiger partial charge is 0.213 e. The van der Waals surface area contributed by atoms with Crippen molar-refractivity contribution >= 4 is 31.5 Å². The number of fused-ring (bicyclic) bond motifs is 3. The van der Waals surface area contributed by atoms with E-state index in [4.69, 9.17) is 0 Å². The highest BCUT2D eigenvalue weighted by Gasteiger charge is 2.18. The summed E-state index contributed by atoms with van der Waals surface area (Å²) >= 11 is 1.90. The molecule has 0 saturated carbocycles. The third-order valence-electron chi connectivity index (χ3n) is 4.31. The third-order valence-corrected chi connectivity index (χ3v) is 5.52. The normalized spacial score (nSPS) is 11.4. The monoisotopic (exact) mass is 304 g/mol. The molecule has 0 fully saturated rings. The van der Waals surface area contributed by atoms with Gasteiger partial charge < -0.3 is 0 Å². The average Bonchev–Trinajstić information content (AvgIpc) is 2.86. The van der Waals surface area contributed by atoms with Crippen LogP contribution in [-0.2, 0) is 7.05 Å². The lowest BCUT2D eigenvalue weighted by Crippen LogP contribution is -2.30. The molecule has 0 bridgehead atoms. The third kappa shape index (κ3) is 1.95. The molecular weight excluding hydrogens is 286 g/mol. The summed E-state index contributed by atoms with van der Waals surface area (Å²) in [6.45, 7) is 4.37. The SMILES string of the molecule is Cc1ccc2sc3c(-c4cccc[n+]4C)c(C)ccc3c2c1. The molecule has 22 heavy (non-hydrogen) atoms. The van der Waals surface area contributed by atoms with Crippen LogP contribution in [0.25, 0.3) is 31.4 Å². The van der Waals surface area contributed by atoms with Crippen molar-refractivity contribution in [1.82, 2.24) is 0 Å². The van der Waals surface area contributed by atoms with Gasteiger partial charge in [0.05, 0.1) is 5.56 Å². The van der Waals surface area contributed by atoms with E-state index in [-0.39, 0.29) is 0 Å². The number of hydrogen-bond acceptors (Lipinski definition) is 1. The summed E-state index contributed by atoms with van der Waals surface area (Å²) in [6.07, 6.45) is 2.12. The quantitative estimate of drug-likeness (QED) is 0.427. The fourth-order valence-corrected chi connectivity index (χ4v) is 4.44. The van der Waals surface area contributed by atoms with Crippen molar-refractivity contribution in [2.75, 3.05) is 0 Å². The molecule has 0 unspecified atom stereocenters. The Hall–Kier alpha value is -2.19. The minimum absolute atomic E-state index is 1.27. The van der Waals surface area contributed by atoms with Crippen molar-refractivity contribution in [3.8, 4) is 11.3 Å². The number of aromatic nitrogens is 1. The molecule has 0 aliphatic heterocycles. The molecule has 1 nitrogen and oxygen atoms in total. The van der Waals surface area contributed by atoms with Gasteiger partial charge in [0.1, 0.15) is 7.05 Å². The summed E-state index contributed by atoms with van der Waals surface area (Å²) in [7, 11) is 2.12. The van der Waals surface area contributed by atoms with E-state index in [0.29, 0.717) is 0 Å². The van der Waals surface area contributed by atoms with Crippen LogP contribution in [0, 0.1) is 13.8 Å². The highest BCUT2D eigenvalue weighted by atomic mass is 32.1. The molecule has 0 aliphatic carbocycles. The molecule has 0 N–H and O–H groups in total. The van der Waals surface area contributed by atoms with Gasteiger partial charge in [-0.3, -0.25) is 0 Å². The molecule has 2 heteroatoms. The van der Waals surface area contributed by atoms with Crippen LogP contribution in [0.3, 0.4) is 0 Å². The standard InChI is InChI=1S/C20H18NS/c1-13-7-10-18-16(12-13)15-9-8-14(2)19(20(15)22-18)17-6-4-5-11-21(17)3/h4-12H,1-3H3/q+1. The maximum atomic E-state index is 2.30. The van der Waals surface area contributed by atoms with Crippen LogP contribution in [0.5, 0.6) is 0 Å². The minimum atomic E-state index is 1.27. The molecule has 2 aromatic heterocycles. The Morgan fingerprint density at radius 2 is 1.77 bits per heavy atom. The molecule has 4 rings (SSSR count). The van der Waals surface area contributed by atoms with E-state index in [1.807, 2.05) is 11.3 Å². The van der Waals surface area contributed by atoms with Gasteiger partial charge in [-0.2, -0.15) is 0 Å². The van der Waals surface area contributed by atoms with Crippen molar-refractivity contribution < 1.29 is 4.57 Å². The van der Waals surface area contributed by atoms with Crippen LogP contribution in [0.4, 0.5) is 0 Å². The van der Waals surface area contributed by atoms with Gasteiger partial charge in [-0.05, 0) is 37.6 Å². The summed E-state index contributed by atoms with van der Waals surface area (Å²) in [5.74, 6) is 0. The van der Waals surface area contributed by atoms with Crippen LogP contribution in [-0.4, -0.2) is 0 Å². The first kappa shape index (κ1) is 13.5. The Kier molecular flexibility index (Phi) is 3.02. The number of benzene rings is 2. The molecule has 0 saturated heterocycles. The van der Waals surface area contributed by atoms with Gasteiger partial charge in [-0.25, -0.2) is 4.57 Å². The number of rotatable bonds is 1. The van der Waals surface area contributed by atoms with E-state index >= 15 is 0 Å². The Morgan fingerprint density at radius 1 is 0.909 bits per heavy atom. The first-order chi connectivity index (χ1) is 10.6. The smallest absolute Gasteiger partial charge is 0.201 e. The maximum Gasteiger partial charge on any atom is 0.213 e. The van der Waals surface area contributed by atoms with Crippen LogP contribution in [0.2, 0.25) is 0 Å². The van der Waals surface area contributed by atoms with Gasteiger partial charge in [-0.15, -0.1) is 11.3 Å². The van der Waals surface area contributed by atoms with E-state index in [0.717, 1.165) is 0 Å². The van der Waals surface area contributed by atoms with Gasteiger partial charge >= 0.3 is 0 Å². The Balaban J connectivity index is 2.16. The lowest BCUT2D eigenvalue weighted by molar-refractivity contribution is -0.660. The van der Waals surface area contributed by atoms with Gasteiger partial charge in [0.15, 0.2) is 6.20 Å². The molecule has 0 radical (unpaired) electrons. The number of hydrogen-bond donors (Lipinski definition) is 0. The predicted molar refractivity (Wildman–Crippen MR) is 95.4 cm³/mol. The fraction of sp³-hybridized carbons (Fsp3) is 0.150. The molecule has 2 aromatic carbocycles. The van der Waals surface area contributed by atoms with Crippen LogP contribution in [0.1, 0.15) is 11.1 Å². The first-order valence-electron chi connectivity index (χ1n) is 7.52. The summed E-state index contributed by atoms with van der Waals surface area (Å²) in [4.78, 5) is 0. The van der Waals surface area contributed by atoms with Crippen molar-refractivity contribution in [3.63, 3.8) is 0 Å². The van der Waals surface area contributed by atoms with Gasteiger partial charge in [0.25, 0.3) is 0 Å². The molecule has 4 aromatic rings. The second kappa shape index (κ2) is 4.92. The lowest BCUT2D eigenvalue weighted by Gasteiger charge is -2.06. The number of thiophene rings is 1. The van der Waals surface area contributed by atoms with Crippen LogP contribution in [0.15, 0.2) is 54.7 Å². The second-order valence-electron chi connectivity index (χ2n) is 5.93.